The number of nitrogens with zero attached hydrogens (tertiary/aromatic N) is 3. The van der Waals surface area contributed by atoms with Crippen LogP contribution in [0.1, 0.15) is 0 Å². The summed E-state index contributed by atoms with van der Waals surface area (Å²) in [6.45, 7) is 0. The number of nitro groups is 1. The van der Waals surface area contributed by atoms with Gasteiger partial charge in [-0.15, -0.1) is 10.2 Å². The lowest BCUT2D eigenvalue weighted by Gasteiger charge is -2.12. The second kappa shape index (κ2) is 7.55. The summed E-state index contributed by atoms with van der Waals surface area (Å²) in [4.78, 5) is 8.69. The molecule has 5 N–H and O–H groups in total. The van der Waals surface area contributed by atoms with Crippen molar-refractivity contribution in [1.29, 1.82) is 0 Å². The van der Waals surface area contributed by atoms with Crippen LogP contribution < -0.4 is 5.73 Å². The molecule has 162 valence electrons. The highest BCUT2D eigenvalue weighted by Gasteiger charge is 2.24. The summed E-state index contributed by atoms with van der Waals surface area (Å²) in [6, 6.07) is 7.38. The lowest BCUT2D eigenvalue weighted by Crippen LogP contribution is -2.03. The van der Waals surface area contributed by atoms with Gasteiger partial charge in [-0.05, 0) is 23.6 Å². The zero-order valence-corrected chi connectivity index (χ0v) is 16.7. The van der Waals surface area contributed by atoms with Crippen molar-refractivity contribution in [3.05, 3.63) is 52.6 Å². The molecule has 0 heterocycles. The average Bonchev–Trinajstić information content (AvgIpc) is 2.65. The minimum absolute atomic E-state index is 0.251. The number of aromatic hydroxyl groups is 1. The minimum Gasteiger partial charge on any atom is -0.507 e. The maximum atomic E-state index is 11.9. The number of hydrogen-bond donors (Lipinski definition) is 4. The van der Waals surface area contributed by atoms with E-state index in [4.69, 9.17) is 5.73 Å². The molecule has 0 aromatic heterocycles. The Labute approximate surface area is 174 Å². The lowest BCUT2D eigenvalue weighted by molar-refractivity contribution is -0.384. The molecule has 0 aliphatic rings. The third-order valence-electron chi connectivity index (χ3n) is 4.08. The maximum absolute atomic E-state index is 11.9. The molecule has 0 radical (unpaired) electrons. The number of para-hydroxylation sites is 1. The predicted molar refractivity (Wildman–Crippen MR) is 107 cm³/mol. The summed E-state index contributed by atoms with van der Waals surface area (Å²) in [7, 11) is -9.77. The molecule has 15 heteroatoms. The molecule has 0 saturated heterocycles. The molecule has 0 atom stereocenters. The molecule has 31 heavy (non-hydrogen) atoms. The summed E-state index contributed by atoms with van der Waals surface area (Å²) in [5.74, 6) is -0.744. The normalized spacial score (nSPS) is 12.5. The van der Waals surface area contributed by atoms with Crippen LogP contribution in [-0.2, 0) is 20.2 Å². The van der Waals surface area contributed by atoms with Gasteiger partial charge in [-0.25, -0.2) is 0 Å². The second-order valence-electron chi connectivity index (χ2n) is 6.07. The molecule has 3 aromatic rings. The van der Waals surface area contributed by atoms with Gasteiger partial charge < -0.3 is 10.8 Å². The number of rotatable bonds is 5. The Morgan fingerprint density at radius 2 is 1.61 bits per heavy atom. The Bertz CT molecular complexity index is 1480. The van der Waals surface area contributed by atoms with Crippen molar-refractivity contribution in [3.8, 4) is 5.75 Å². The first kappa shape index (κ1) is 22.0. The van der Waals surface area contributed by atoms with E-state index in [2.05, 4.69) is 10.2 Å². The molecular weight excluding hydrogens is 456 g/mol. The molecule has 0 aliphatic carbocycles. The van der Waals surface area contributed by atoms with Gasteiger partial charge >= 0.3 is 0 Å². The van der Waals surface area contributed by atoms with Crippen LogP contribution in [-0.4, -0.2) is 36.0 Å². The van der Waals surface area contributed by atoms with Gasteiger partial charge in [-0.1, -0.05) is 12.1 Å². The molecule has 3 aromatic carbocycles. The summed E-state index contributed by atoms with van der Waals surface area (Å²) in [5, 5.41) is 28.0. The number of hydrogen-bond acceptors (Lipinski definition) is 10. The molecule has 0 aliphatic heterocycles. The summed E-state index contributed by atoms with van der Waals surface area (Å²) in [6.07, 6.45) is 0. The molecule has 3 rings (SSSR count). The van der Waals surface area contributed by atoms with Crippen LogP contribution in [0.3, 0.4) is 0 Å². The van der Waals surface area contributed by atoms with Gasteiger partial charge in [0, 0.05) is 17.5 Å². The molecule has 0 bridgehead atoms. The lowest BCUT2D eigenvalue weighted by atomic mass is 10.1. The van der Waals surface area contributed by atoms with Gasteiger partial charge in [0.15, 0.2) is 5.69 Å². The van der Waals surface area contributed by atoms with Crippen molar-refractivity contribution < 1.29 is 36.0 Å². The first-order valence-corrected chi connectivity index (χ1v) is 10.9. The first-order chi connectivity index (χ1) is 14.3. The molecular formula is C16H12N4O9S2. The quantitative estimate of drug-likeness (QED) is 0.141. The largest absolute Gasteiger partial charge is 0.507 e. The topological polar surface area (TPSA) is 223 Å². The van der Waals surface area contributed by atoms with Crippen LogP contribution in [0.25, 0.3) is 10.8 Å². The number of benzene rings is 3. The van der Waals surface area contributed by atoms with Crippen molar-refractivity contribution in [1.82, 2.24) is 0 Å². The zero-order valence-electron chi connectivity index (χ0n) is 15.1. The third-order valence-corrected chi connectivity index (χ3v) is 5.78. The number of nitrogen functional groups attached to an aromatic ring is 1. The second-order valence-corrected chi connectivity index (χ2v) is 8.88. The van der Waals surface area contributed by atoms with Crippen LogP contribution in [0.15, 0.2) is 62.5 Å². The van der Waals surface area contributed by atoms with Crippen LogP contribution in [0.5, 0.6) is 5.75 Å². The van der Waals surface area contributed by atoms with Crippen LogP contribution in [0.4, 0.5) is 22.7 Å². The van der Waals surface area contributed by atoms with E-state index in [9.17, 15) is 41.2 Å². The highest BCUT2D eigenvalue weighted by molar-refractivity contribution is 7.86. The fraction of sp³-hybridized carbons (Fsp3) is 0. The van der Waals surface area contributed by atoms with Gasteiger partial charge in [0.25, 0.3) is 25.9 Å². The molecule has 0 amide bonds. The molecule has 0 spiro atoms. The van der Waals surface area contributed by atoms with Crippen molar-refractivity contribution in [3.63, 3.8) is 0 Å². The van der Waals surface area contributed by atoms with Gasteiger partial charge in [0.05, 0.1) is 15.5 Å². The van der Waals surface area contributed by atoms with Gasteiger partial charge in [0.2, 0.25) is 0 Å². The highest BCUT2D eigenvalue weighted by Crippen LogP contribution is 2.43. The number of phenolic OH excluding ortho intramolecular Hbond substituents is 1. The summed E-state index contributed by atoms with van der Waals surface area (Å²) < 4.78 is 65.2. The Hall–Kier alpha value is -3.66. The van der Waals surface area contributed by atoms with E-state index in [0.717, 1.165) is 18.2 Å². The smallest absolute Gasteiger partial charge is 0.296 e. The van der Waals surface area contributed by atoms with Crippen molar-refractivity contribution in [2.45, 2.75) is 9.79 Å². The Morgan fingerprint density at radius 1 is 0.968 bits per heavy atom. The van der Waals surface area contributed by atoms with E-state index in [1.807, 2.05) is 0 Å². The van der Waals surface area contributed by atoms with E-state index in [0.29, 0.717) is 6.07 Å². The minimum atomic E-state index is -5.00. The molecule has 0 unspecified atom stereocenters. The summed E-state index contributed by atoms with van der Waals surface area (Å²) in [5.41, 5.74) is 4.04. The van der Waals surface area contributed by atoms with E-state index in [1.165, 1.54) is 18.2 Å². The third kappa shape index (κ3) is 4.29. The Kier molecular flexibility index (Phi) is 5.36. The monoisotopic (exact) mass is 468 g/mol. The fourth-order valence-corrected chi connectivity index (χ4v) is 3.95. The number of fused-ring (bicyclic) bond motifs is 1. The van der Waals surface area contributed by atoms with Gasteiger partial charge in [0.1, 0.15) is 16.3 Å². The fourth-order valence-electron chi connectivity index (χ4n) is 2.75. The average molecular weight is 468 g/mol. The number of phenols is 1. The molecule has 0 saturated carbocycles. The Morgan fingerprint density at radius 3 is 2.19 bits per heavy atom. The van der Waals surface area contributed by atoms with Crippen molar-refractivity contribution in [2.24, 2.45) is 10.2 Å². The van der Waals surface area contributed by atoms with Crippen LogP contribution in [0.2, 0.25) is 0 Å². The zero-order chi connectivity index (χ0) is 23.1. The van der Waals surface area contributed by atoms with Gasteiger partial charge in [-0.2, -0.15) is 16.8 Å². The number of nitrogens with two attached hydrogens (primary N) is 1. The van der Waals surface area contributed by atoms with E-state index < -0.39 is 57.8 Å². The number of nitro benzene ring substituents is 1. The highest BCUT2D eigenvalue weighted by atomic mass is 32.2. The molecule has 0 fully saturated rings. The van der Waals surface area contributed by atoms with Crippen LogP contribution >= 0.6 is 0 Å². The van der Waals surface area contributed by atoms with E-state index >= 15 is 0 Å². The molecule has 13 nitrogen and oxygen atoms in total. The number of anilines is 1. The van der Waals surface area contributed by atoms with Crippen LogP contribution in [0, 0.1) is 10.1 Å². The predicted octanol–water partition coefficient (Wildman–Crippen LogP) is 2.94. The van der Waals surface area contributed by atoms with Crippen molar-refractivity contribution in [2.75, 3.05) is 5.73 Å². The van der Waals surface area contributed by atoms with Crippen molar-refractivity contribution >= 4 is 53.8 Å². The standard InChI is InChI=1S/C16H12N4O9S2/c17-15-14-8(5-9(7-12(14)21)30(24,25)26)6-13(31(27,28)29)16(15)19-18-10-3-1-2-4-11(10)20(22)23/h1-7,21H,17H2,(H,24,25,26)(H,27,28,29). The van der Waals surface area contributed by atoms with E-state index in [1.54, 1.807) is 0 Å². The summed E-state index contributed by atoms with van der Waals surface area (Å²) >= 11 is 0. The first-order valence-electron chi connectivity index (χ1n) is 8.00. The van der Waals surface area contributed by atoms with E-state index in [-0.39, 0.29) is 16.5 Å². The SMILES string of the molecule is Nc1c(N=Nc2ccccc2[N+](=O)[O-])c(S(=O)(=O)O)cc2cc(S(=O)(=O)O)cc(O)c12. The Balaban J connectivity index is 2.35. The number of azo groups is 1. The van der Waals surface area contributed by atoms with Gasteiger partial charge in [-0.3, -0.25) is 19.2 Å². The maximum Gasteiger partial charge on any atom is 0.296 e.